The summed E-state index contributed by atoms with van der Waals surface area (Å²) in [4.78, 5) is 8.35. The summed E-state index contributed by atoms with van der Waals surface area (Å²) in [5.74, 6) is 0. The van der Waals surface area contributed by atoms with Gasteiger partial charge < -0.3 is 0 Å². The number of aromatic nitrogens is 2. The van der Waals surface area contributed by atoms with Gasteiger partial charge in [0.25, 0.3) is 0 Å². The second kappa shape index (κ2) is 9.13. The lowest BCUT2D eigenvalue weighted by molar-refractivity contribution is 1.09. The number of hydrogen-bond donors (Lipinski definition) is 0. The van der Waals surface area contributed by atoms with Crippen molar-refractivity contribution in [3.8, 4) is 0 Å². The maximum absolute atomic E-state index is 4.19. The Labute approximate surface area is 92.1 Å². The van der Waals surface area contributed by atoms with Gasteiger partial charge in [-0.05, 0) is 19.9 Å². The Morgan fingerprint density at radius 2 is 1.60 bits per heavy atom. The molecule has 0 radical (unpaired) electrons. The van der Waals surface area contributed by atoms with E-state index in [-0.39, 0.29) is 0 Å². The molecule has 2 heteroatoms. The molecule has 1 heterocycles. The van der Waals surface area contributed by atoms with Crippen LogP contribution in [0.1, 0.15) is 34.1 Å². The summed E-state index contributed by atoms with van der Waals surface area (Å²) in [7, 11) is 0. The third-order valence-electron chi connectivity index (χ3n) is 1.48. The Hall–Kier alpha value is -1.44. The van der Waals surface area contributed by atoms with Crippen LogP contribution in [0, 0.1) is 0 Å². The molecular weight excluding hydrogens is 184 g/mol. The highest BCUT2D eigenvalue weighted by molar-refractivity contribution is 5.34. The van der Waals surface area contributed by atoms with Gasteiger partial charge in [0, 0.05) is 12.4 Å². The Kier molecular flexibility index (Phi) is 8.25. The van der Waals surface area contributed by atoms with Gasteiger partial charge in [0.2, 0.25) is 0 Å². The van der Waals surface area contributed by atoms with E-state index in [0.29, 0.717) is 0 Å². The summed E-state index contributed by atoms with van der Waals surface area (Å²) in [5, 5.41) is 1.84. The minimum Gasteiger partial charge on any atom is -0.253 e. The Morgan fingerprint density at radius 1 is 1.07 bits per heavy atom. The molecular formula is C13H20N2. The van der Waals surface area contributed by atoms with Crippen molar-refractivity contribution in [3.63, 3.8) is 0 Å². The fraction of sp³-hybridized carbons (Fsp3) is 0.385. The average Bonchev–Trinajstić information content (AvgIpc) is 2.28. The molecule has 0 unspecified atom stereocenters. The fourth-order valence-electron chi connectivity index (χ4n) is 0.898. The molecule has 0 bridgehead atoms. The van der Waals surface area contributed by atoms with Crippen LogP contribution in [0.3, 0.4) is 0 Å². The van der Waals surface area contributed by atoms with Gasteiger partial charge in [0.05, 0.1) is 10.7 Å². The molecule has 0 aliphatic rings. The van der Waals surface area contributed by atoms with Gasteiger partial charge >= 0.3 is 0 Å². The first-order valence-electron chi connectivity index (χ1n) is 5.36. The molecule has 1 aromatic heterocycles. The van der Waals surface area contributed by atoms with Gasteiger partial charge in [0.1, 0.15) is 0 Å². The number of allylic oxidation sites excluding steroid dienone is 2. The van der Waals surface area contributed by atoms with Gasteiger partial charge in [0.15, 0.2) is 0 Å². The van der Waals surface area contributed by atoms with Crippen molar-refractivity contribution in [2.75, 3.05) is 0 Å². The van der Waals surface area contributed by atoms with Crippen LogP contribution >= 0.6 is 0 Å². The second-order valence-electron chi connectivity index (χ2n) is 3.02. The molecule has 1 aromatic rings. The van der Waals surface area contributed by atoms with Crippen LogP contribution in [0.25, 0.3) is 12.2 Å². The molecule has 0 saturated heterocycles. The Morgan fingerprint density at radius 3 is 2.07 bits per heavy atom. The summed E-state index contributed by atoms with van der Waals surface area (Å²) in [6.45, 7) is 8.18. The van der Waals surface area contributed by atoms with Crippen LogP contribution in [0.4, 0.5) is 0 Å². The summed E-state index contributed by atoms with van der Waals surface area (Å²) in [5.41, 5.74) is 0. The minimum atomic E-state index is 0.915. The zero-order chi connectivity index (χ0) is 11.5. The number of hydrogen-bond acceptors (Lipinski definition) is 2. The minimum absolute atomic E-state index is 0.915. The molecule has 0 atom stereocenters. The lowest BCUT2D eigenvalue weighted by Gasteiger charge is -1.85. The second-order valence-corrected chi connectivity index (χ2v) is 3.02. The van der Waals surface area contributed by atoms with Crippen molar-refractivity contribution < 1.29 is 0 Å². The number of nitrogens with zero attached hydrogens (tertiary/aromatic N) is 2. The van der Waals surface area contributed by atoms with Gasteiger partial charge in [-0.1, -0.05) is 38.5 Å². The molecule has 0 aliphatic carbocycles. The van der Waals surface area contributed by atoms with E-state index < -0.39 is 0 Å². The van der Waals surface area contributed by atoms with Gasteiger partial charge in [-0.3, -0.25) is 9.97 Å². The van der Waals surface area contributed by atoms with Crippen molar-refractivity contribution in [1.29, 1.82) is 0 Å². The summed E-state index contributed by atoms with van der Waals surface area (Å²) >= 11 is 0. The highest BCUT2D eigenvalue weighted by Crippen LogP contribution is 1.69. The summed E-state index contributed by atoms with van der Waals surface area (Å²) in [6, 6.07) is 0. The van der Waals surface area contributed by atoms with Crippen LogP contribution in [0.2, 0.25) is 0 Å². The average molecular weight is 204 g/mol. The fourth-order valence-corrected chi connectivity index (χ4v) is 0.898. The standard InChI is InChI=1S/C10H12N2.C3H8/c1-3-5-6-10-9(4-2)11-7-8-12-10;1-3-2/h3-8H,1-2H3;3H2,1-2H3/b5-3-,9-4+,10-6+;. The van der Waals surface area contributed by atoms with Crippen molar-refractivity contribution >= 4 is 12.2 Å². The lowest BCUT2D eigenvalue weighted by atomic mass is 10.4. The summed E-state index contributed by atoms with van der Waals surface area (Å²) < 4.78 is 0. The van der Waals surface area contributed by atoms with Crippen LogP contribution in [0.15, 0.2) is 24.5 Å². The third kappa shape index (κ3) is 5.78. The first-order chi connectivity index (χ1) is 7.29. The van der Waals surface area contributed by atoms with Crippen LogP contribution in [-0.4, -0.2) is 9.97 Å². The highest BCUT2D eigenvalue weighted by atomic mass is 14.7. The van der Waals surface area contributed by atoms with Crippen molar-refractivity contribution in [3.05, 3.63) is 35.2 Å². The molecule has 1 rings (SSSR count). The highest BCUT2D eigenvalue weighted by Gasteiger charge is 1.81. The van der Waals surface area contributed by atoms with Crippen LogP contribution in [0.5, 0.6) is 0 Å². The normalized spacial score (nSPS) is 12.8. The smallest absolute Gasteiger partial charge is 0.0883 e. The topological polar surface area (TPSA) is 25.8 Å². The molecule has 0 aliphatic heterocycles. The lowest BCUT2D eigenvalue weighted by Crippen LogP contribution is -2.29. The maximum Gasteiger partial charge on any atom is 0.0883 e. The van der Waals surface area contributed by atoms with E-state index >= 15 is 0 Å². The predicted molar refractivity (Wildman–Crippen MR) is 66.7 cm³/mol. The maximum atomic E-state index is 4.19. The van der Waals surface area contributed by atoms with E-state index in [0.717, 1.165) is 10.7 Å². The number of rotatable bonds is 1. The first-order valence-corrected chi connectivity index (χ1v) is 5.36. The monoisotopic (exact) mass is 204 g/mol. The Bertz CT molecular complexity index is 391. The van der Waals surface area contributed by atoms with Gasteiger partial charge in [-0.15, -0.1) is 0 Å². The molecule has 82 valence electrons. The molecule has 15 heavy (non-hydrogen) atoms. The quantitative estimate of drug-likeness (QED) is 0.699. The Balaban J connectivity index is 0.000000583. The van der Waals surface area contributed by atoms with E-state index in [1.807, 2.05) is 38.2 Å². The predicted octanol–water partition coefficient (Wildman–Crippen LogP) is 2.05. The van der Waals surface area contributed by atoms with E-state index in [4.69, 9.17) is 0 Å². The van der Waals surface area contributed by atoms with Crippen LogP contribution < -0.4 is 10.7 Å². The molecule has 2 nitrogen and oxygen atoms in total. The zero-order valence-electron chi connectivity index (χ0n) is 10.1. The molecule has 0 aromatic carbocycles. The molecule has 0 spiro atoms. The van der Waals surface area contributed by atoms with Crippen molar-refractivity contribution in [2.24, 2.45) is 0 Å². The van der Waals surface area contributed by atoms with Gasteiger partial charge in [-0.25, -0.2) is 0 Å². The summed E-state index contributed by atoms with van der Waals surface area (Å²) in [6.07, 6.45) is 12.5. The van der Waals surface area contributed by atoms with E-state index in [1.54, 1.807) is 12.4 Å². The van der Waals surface area contributed by atoms with Gasteiger partial charge in [-0.2, -0.15) is 0 Å². The third-order valence-corrected chi connectivity index (χ3v) is 1.48. The SMILES string of the molecule is CCC.C\C=C/C=c1/nccn/c1=C/C. The van der Waals surface area contributed by atoms with E-state index in [9.17, 15) is 0 Å². The molecule has 0 N–H and O–H groups in total. The zero-order valence-corrected chi connectivity index (χ0v) is 10.1. The largest absolute Gasteiger partial charge is 0.253 e. The molecule has 0 saturated carbocycles. The van der Waals surface area contributed by atoms with Crippen LogP contribution in [-0.2, 0) is 0 Å². The van der Waals surface area contributed by atoms with Crippen molar-refractivity contribution in [2.45, 2.75) is 34.1 Å². The van der Waals surface area contributed by atoms with E-state index in [1.165, 1.54) is 6.42 Å². The first kappa shape index (κ1) is 13.6. The van der Waals surface area contributed by atoms with Crippen molar-refractivity contribution in [1.82, 2.24) is 9.97 Å². The molecule has 0 fully saturated rings. The van der Waals surface area contributed by atoms with E-state index in [2.05, 4.69) is 23.8 Å². The molecule has 0 amide bonds.